The number of hydroxylamine groups is 2. The third kappa shape index (κ3) is 5.57. The number of benzene rings is 1. The molecule has 0 aromatic heterocycles. The van der Waals surface area contributed by atoms with Crippen LogP contribution in [0.15, 0.2) is 12.1 Å². The van der Waals surface area contributed by atoms with Gasteiger partial charge in [0.1, 0.15) is 0 Å². The van der Waals surface area contributed by atoms with Crippen molar-refractivity contribution < 1.29 is 14.7 Å². The lowest BCUT2D eigenvalue weighted by atomic mass is 10.2. The SMILES string of the molecule is CCCCCCOc1c(Cl)cc(CN(O)C=O)cc1Cl. The van der Waals surface area contributed by atoms with Crippen LogP contribution in [0, 0.1) is 0 Å². The van der Waals surface area contributed by atoms with E-state index in [4.69, 9.17) is 33.1 Å². The average Bonchev–Trinajstić information content (AvgIpc) is 2.41. The van der Waals surface area contributed by atoms with Crippen LogP contribution in [0.25, 0.3) is 0 Å². The van der Waals surface area contributed by atoms with Crippen LogP contribution in [0.1, 0.15) is 38.2 Å². The standard InChI is InChI=1S/C14H19Cl2NO3/c1-2-3-4-5-6-20-14-12(15)7-11(8-13(14)16)9-17(19)10-18/h7-8,10,19H,2-6,9H2,1H3. The van der Waals surface area contributed by atoms with Gasteiger partial charge in [0.2, 0.25) is 6.41 Å². The van der Waals surface area contributed by atoms with Crippen molar-refractivity contribution in [3.8, 4) is 5.75 Å². The lowest BCUT2D eigenvalue weighted by Crippen LogP contribution is -2.15. The topological polar surface area (TPSA) is 49.8 Å². The minimum Gasteiger partial charge on any atom is -0.490 e. The maximum atomic E-state index is 10.4. The third-order valence-electron chi connectivity index (χ3n) is 2.77. The van der Waals surface area contributed by atoms with E-state index >= 15 is 0 Å². The molecule has 1 rings (SSSR count). The van der Waals surface area contributed by atoms with Crippen LogP contribution in [0.3, 0.4) is 0 Å². The van der Waals surface area contributed by atoms with Gasteiger partial charge >= 0.3 is 0 Å². The van der Waals surface area contributed by atoms with Crippen LogP contribution in [0.4, 0.5) is 0 Å². The lowest BCUT2D eigenvalue weighted by Gasteiger charge is -2.13. The number of unbranched alkanes of at least 4 members (excludes halogenated alkanes) is 3. The zero-order valence-corrected chi connectivity index (χ0v) is 13.0. The molecule has 1 aromatic carbocycles. The van der Waals surface area contributed by atoms with Crippen LogP contribution < -0.4 is 4.74 Å². The van der Waals surface area contributed by atoms with E-state index in [2.05, 4.69) is 6.92 Å². The van der Waals surface area contributed by atoms with Gasteiger partial charge in [-0.3, -0.25) is 10.0 Å². The van der Waals surface area contributed by atoms with Gasteiger partial charge in [-0.25, -0.2) is 5.06 Å². The summed E-state index contributed by atoms with van der Waals surface area (Å²) in [6.45, 7) is 2.75. The molecule has 0 aliphatic rings. The Balaban J connectivity index is 2.62. The fourth-order valence-electron chi connectivity index (χ4n) is 1.77. The summed E-state index contributed by atoms with van der Waals surface area (Å²) in [5.74, 6) is 0.448. The fraction of sp³-hybridized carbons (Fsp3) is 0.500. The van der Waals surface area contributed by atoms with Crippen LogP contribution in [-0.2, 0) is 11.3 Å². The predicted molar refractivity (Wildman–Crippen MR) is 79.5 cm³/mol. The molecule has 1 N–H and O–H groups in total. The summed E-state index contributed by atoms with van der Waals surface area (Å²) in [7, 11) is 0. The summed E-state index contributed by atoms with van der Waals surface area (Å²) < 4.78 is 5.59. The van der Waals surface area contributed by atoms with Gasteiger partial charge in [-0.1, -0.05) is 49.4 Å². The summed E-state index contributed by atoms with van der Waals surface area (Å²) in [5.41, 5.74) is 0.632. The summed E-state index contributed by atoms with van der Waals surface area (Å²) in [5, 5.41) is 10.4. The van der Waals surface area contributed by atoms with Crippen molar-refractivity contribution in [3.05, 3.63) is 27.7 Å². The van der Waals surface area contributed by atoms with E-state index in [1.807, 2.05) is 0 Å². The van der Waals surface area contributed by atoms with Crippen molar-refractivity contribution in [3.63, 3.8) is 0 Å². The Kier molecular flexibility index (Phi) is 7.73. The van der Waals surface area contributed by atoms with E-state index in [-0.39, 0.29) is 6.54 Å². The van der Waals surface area contributed by atoms with Crippen LogP contribution in [-0.4, -0.2) is 23.3 Å². The smallest absolute Gasteiger partial charge is 0.233 e. The van der Waals surface area contributed by atoms with Crippen molar-refractivity contribution in [1.29, 1.82) is 0 Å². The second-order valence-electron chi connectivity index (χ2n) is 4.50. The van der Waals surface area contributed by atoms with Gasteiger partial charge in [-0.05, 0) is 24.1 Å². The van der Waals surface area contributed by atoms with Crippen molar-refractivity contribution in [2.24, 2.45) is 0 Å². The number of hydrogen-bond acceptors (Lipinski definition) is 3. The second-order valence-corrected chi connectivity index (χ2v) is 5.32. The molecule has 0 atom stereocenters. The Bertz CT molecular complexity index is 417. The third-order valence-corrected chi connectivity index (χ3v) is 3.33. The maximum absolute atomic E-state index is 10.4. The molecule has 1 aromatic rings. The van der Waals surface area contributed by atoms with Crippen LogP contribution in [0.5, 0.6) is 5.75 Å². The largest absolute Gasteiger partial charge is 0.490 e. The first kappa shape index (κ1) is 17.1. The first-order valence-corrected chi connectivity index (χ1v) is 7.35. The van der Waals surface area contributed by atoms with Gasteiger partial charge in [0, 0.05) is 0 Å². The number of ether oxygens (including phenoxy) is 1. The van der Waals surface area contributed by atoms with E-state index in [1.165, 1.54) is 12.8 Å². The average molecular weight is 320 g/mol. The number of carbonyl (C=O) groups is 1. The number of carbonyl (C=O) groups excluding carboxylic acids is 1. The molecule has 0 aliphatic heterocycles. The molecule has 0 bridgehead atoms. The van der Waals surface area contributed by atoms with Crippen LogP contribution >= 0.6 is 23.2 Å². The Morgan fingerprint density at radius 3 is 2.45 bits per heavy atom. The molecule has 0 aliphatic carbocycles. The predicted octanol–water partition coefficient (Wildman–Crippen LogP) is 4.30. The molecule has 0 fully saturated rings. The zero-order chi connectivity index (χ0) is 15.0. The molecular weight excluding hydrogens is 301 g/mol. The second kappa shape index (κ2) is 9.06. The Morgan fingerprint density at radius 2 is 1.90 bits per heavy atom. The van der Waals surface area contributed by atoms with Gasteiger partial charge in [0.05, 0.1) is 23.2 Å². The molecule has 20 heavy (non-hydrogen) atoms. The number of hydrogen-bond donors (Lipinski definition) is 1. The maximum Gasteiger partial charge on any atom is 0.233 e. The molecule has 0 heterocycles. The van der Waals surface area contributed by atoms with Crippen LogP contribution in [0.2, 0.25) is 10.0 Å². The van der Waals surface area contributed by atoms with E-state index in [1.54, 1.807) is 12.1 Å². The number of rotatable bonds is 9. The minimum absolute atomic E-state index is 0.0275. The summed E-state index contributed by atoms with van der Waals surface area (Å²) in [6, 6.07) is 3.25. The molecule has 0 saturated heterocycles. The lowest BCUT2D eigenvalue weighted by molar-refractivity contribution is -0.152. The van der Waals surface area contributed by atoms with Gasteiger partial charge in [-0.15, -0.1) is 0 Å². The zero-order valence-electron chi connectivity index (χ0n) is 11.4. The summed E-state index contributed by atoms with van der Waals surface area (Å²) in [6.07, 6.45) is 4.74. The minimum atomic E-state index is 0.0275. The van der Waals surface area contributed by atoms with E-state index < -0.39 is 0 Å². The molecule has 0 radical (unpaired) electrons. The molecule has 1 amide bonds. The highest BCUT2D eigenvalue weighted by Gasteiger charge is 2.11. The Labute approximate surface area is 129 Å². The summed E-state index contributed by atoms with van der Waals surface area (Å²) in [4.78, 5) is 10.4. The number of nitrogens with zero attached hydrogens (tertiary/aromatic N) is 1. The van der Waals surface area contributed by atoms with Crippen molar-refractivity contribution in [2.75, 3.05) is 6.61 Å². The molecule has 0 saturated carbocycles. The molecule has 0 spiro atoms. The van der Waals surface area contributed by atoms with Gasteiger partial charge < -0.3 is 4.74 Å². The normalized spacial score (nSPS) is 10.4. The van der Waals surface area contributed by atoms with Crippen molar-refractivity contribution in [2.45, 2.75) is 39.2 Å². The first-order valence-electron chi connectivity index (χ1n) is 6.60. The molecule has 0 unspecified atom stereocenters. The molecule has 112 valence electrons. The monoisotopic (exact) mass is 319 g/mol. The highest BCUT2D eigenvalue weighted by molar-refractivity contribution is 6.37. The van der Waals surface area contributed by atoms with E-state index in [0.717, 1.165) is 12.8 Å². The van der Waals surface area contributed by atoms with E-state index in [0.29, 0.717) is 39.4 Å². The Hall–Kier alpha value is -0.970. The Morgan fingerprint density at radius 1 is 1.25 bits per heavy atom. The van der Waals surface area contributed by atoms with Gasteiger partial charge in [0.25, 0.3) is 0 Å². The fourth-order valence-corrected chi connectivity index (χ4v) is 2.41. The van der Waals surface area contributed by atoms with Crippen molar-refractivity contribution >= 4 is 29.6 Å². The van der Waals surface area contributed by atoms with Gasteiger partial charge in [-0.2, -0.15) is 0 Å². The highest BCUT2D eigenvalue weighted by atomic mass is 35.5. The molecule has 6 heteroatoms. The van der Waals surface area contributed by atoms with E-state index in [9.17, 15) is 4.79 Å². The highest BCUT2D eigenvalue weighted by Crippen LogP contribution is 2.34. The molecule has 4 nitrogen and oxygen atoms in total. The van der Waals surface area contributed by atoms with Crippen molar-refractivity contribution in [1.82, 2.24) is 5.06 Å². The quantitative estimate of drug-likeness (QED) is 0.319. The number of halogens is 2. The number of amides is 1. The first-order chi connectivity index (χ1) is 9.58. The van der Waals surface area contributed by atoms with Gasteiger partial charge in [0.15, 0.2) is 5.75 Å². The summed E-state index contributed by atoms with van der Waals surface area (Å²) >= 11 is 12.2. The molecular formula is C14H19Cl2NO3.